The fraction of sp³-hybridized carbons (Fsp3) is 0.0800. The molecule has 4 rings (SSSR count). The third-order valence-electron chi connectivity index (χ3n) is 4.81. The van der Waals surface area contributed by atoms with Gasteiger partial charge in [0.25, 0.3) is 11.1 Å². The zero-order valence-electron chi connectivity index (χ0n) is 16.8. The normalized spacial score (nSPS) is 14.6. The van der Waals surface area contributed by atoms with Gasteiger partial charge in [0.2, 0.25) is 0 Å². The zero-order valence-corrected chi connectivity index (χ0v) is 18.4. The van der Waals surface area contributed by atoms with Crippen LogP contribution in [0.15, 0.2) is 77.7 Å². The molecule has 158 valence electrons. The summed E-state index contributed by atoms with van der Waals surface area (Å²) in [6.07, 6.45) is 1.69. The molecule has 0 atom stereocenters. The van der Waals surface area contributed by atoms with Crippen molar-refractivity contribution in [3.05, 3.63) is 105 Å². The van der Waals surface area contributed by atoms with Crippen molar-refractivity contribution in [2.45, 2.75) is 13.2 Å². The monoisotopic (exact) mass is 460 g/mol. The average molecular weight is 461 g/mol. The molecule has 0 radical (unpaired) electrons. The number of hydrogen-bond acceptors (Lipinski definition) is 5. The number of imide groups is 1. The second-order valence-electron chi connectivity index (χ2n) is 7.02. The number of benzene rings is 3. The summed E-state index contributed by atoms with van der Waals surface area (Å²) in [6.45, 7) is 0.463. The van der Waals surface area contributed by atoms with Crippen LogP contribution in [0.4, 0.5) is 4.79 Å². The number of nitrogens with zero attached hydrogens (tertiary/aromatic N) is 2. The number of halogens is 1. The first-order valence-corrected chi connectivity index (χ1v) is 10.9. The molecule has 0 spiro atoms. The summed E-state index contributed by atoms with van der Waals surface area (Å²) < 4.78 is 5.77. The molecular formula is C25H17ClN2O3S. The fourth-order valence-corrected chi connectivity index (χ4v) is 4.23. The van der Waals surface area contributed by atoms with E-state index in [-0.39, 0.29) is 24.3 Å². The molecule has 2 amide bonds. The van der Waals surface area contributed by atoms with Gasteiger partial charge in [-0.25, -0.2) is 0 Å². The fourth-order valence-electron chi connectivity index (χ4n) is 3.18. The van der Waals surface area contributed by atoms with Gasteiger partial charge in [0, 0.05) is 10.6 Å². The van der Waals surface area contributed by atoms with Gasteiger partial charge in [-0.05, 0) is 59.3 Å². The summed E-state index contributed by atoms with van der Waals surface area (Å²) in [5.41, 5.74) is 2.97. The number of carbonyl (C=O) groups excluding carboxylic acids is 2. The molecule has 7 heteroatoms. The number of rotatable bonds is 6. The number of ether oxygens (including phenoxy) is 1. The second kappa shape index (κ2) is 9.73. The molecule has 0 unspecified atom stereocenters. The maximum atomic E-state index is 12.7. The van der Waals surface area contributed by atoms with E-state index in [1.54, 1.807) is 42.5 Å². The summed E-state index contributed by atoms with van der Waals surface area (Å²) in [5, 5.41) is 9.42. The van der Waals surface area contributed by atoms with Crippen LogP contribution < -0.4 is 4.74 Å². The minimum Gasteiger partial charge on any atom is -0.489 e. The van der Waals surface area contributed by atoms with Crippen molar-refractivity contribution in [2.24, 2.45) is 0 Å². The Morgan fingerprint density at radius 2 is 1.81 bits per heavy atom. The lowest BCUT2D eigenvalue weighted by Crippen LogP contribution is -2.27. The first-order chi connectivity index (χ1) is 15.5. The molecule has 32 heavy (non-hydrogen) atoms. The Morgan fingerprint density at radius 3 is 2.56 bits per heavy atom. The van der Waals surface area contributed by atoms with E-state index >= 15 is 0 Å². The van der Waals surface area contributed by atoms with E-state index in [0.717, 1.165) is 28.5 Å². The van der Waals surface area contributed by atoms with Crippen LogP contribution in [0.25, 0.3) is 6.08 Å². The molecular weight excluding hydrogens is 444 g/mol. The van der Waals surface area contributed by atoms with Crippen LogP contribution in [0.5, 0.6) is 5.75 Å². The third-order valence-corrected chi connectivity index (χ3v) is 5.96. The summed E-state index contributed by atoms with van der Waals surface area (Å²) in [6, 6.07) is 23.7. The standard InChI is InChI=1S/C25H17ClN2O3S/c26-21-7-3-4-18(12-21)15-28-24(29)23(32-25(28)30)13-17-8-10-22(11-9-17)31-16-20-6-2-1-5-19(20)14-27/h1-13H,15-16H2/b23-13-. The van der Waals surface area contributed by atoms with Crippen molar-refractivity contribution in [2.75, 3.05) is 0 Å². The molecule has 1 heterocycles. The predicted octanol–water partition coefficient (Wildman–Crippen LogP) is 6.03. The minimum atomic E-state index is -0.326. The van der Waals surface area contributed by atoms with Gasteiger partial charge in [0.15, 0.2) is 0 Å². The van der Waals surface area contributed by atoms with Crippen molar-refractivity contribution in [1.29, 1.82) is 5.26 Å². The lowest BCUT2D eigenvalue weighted by Gasteiger charge is -2.12. The highest BCUT2D eigenvalue weighted by atomic mass is 35.5. The molecule has 1 fully saturated rings. The van der Waals surface area contributed by atoms with Crippen LogP contribution in [-0.4, -0.2) is 16.0 Å². The SMILES string of the molecule is N#Cc1ccccc1COc1ccc(/C=C2\SC(=O)N(Cc3cccc(Cl)c3)C2=O)cc1. The van der Waals surface area contributed by atoms with Crippen LogP contribution in [0.1, 0.15) is 22.3 Å². The van der Waals surface area contributed by atoms with Gasteiger partial charge in [-0.3, -0.25) is 14.5 Å². The maximum absolute atomic E-state index is 12.7. The summed E-state index contributed by atoms with van der Waals surface area (Å²) in [5.74, 6) is 0.317. The van der Waals surface area contributed by atoms with Crippen molar-refractivity contribution >= 4 is 40.6 Å². The number of amides is 2. The van der Waals surface area contributed by atoms with Gasteiger partial charge in [0.05, 0.1) is 23.1 Å². The largest absolute Gasteiger partial charge is 0.489 e. The highest BCUT2D eigenvalue weighted by Crippen LogP contribution is 2.33. The van der Waals surface area contributed by atoms with E-state index in [0.29, 0.717) is 21.2 Å². The smallest absolute Gasteiger partial charge is 0.293 e. The summed E-state index contributed by atoms with van der Waals surface area (Å²) >= 11 is 6.91. The molecule has 0 bridgehead atoms. The molecule has 3 aromatic rings. The second-order valence-corrected chi connectivity index (χ2v) is 8.45. The molecule has 1 saturated heterocycles. The van der Waals surface area contributed by atoms with Crippen molar-refractivity contribution < 1.29 is 14.3 Å². The molecule has 0 saturated carbocycles. The molecule has 0 aromatic heterocycles. The Labute approximate surface area is 194 Å². The Balaban J connectivity index is 1.42. The van der Waals surface area contributed by atoms with E-state index in [2.05, 4.69) is 6.07 Å². The van der Waals surface area contributed by atoms with Crippen LogP contribution >= 0.6 is 23.4 Å². The van der Waals surface area contributed by atoms with E-state index in [1.807, 2.05) is 36.4 Å². The lowest BCUT2D eigenvalue weighted by molar-refractivity contribution is -0.123. The molecule has 5 nitrogen and oxygen atoms in total. The highest BCUT2D eigenvalue weighted by molar-refractivity contribution is 8.18. The zero-order chi connectivity index (χ0) is 22.5. The van der Waals surface area contributed by atoms with E-state index < -0.39 is 0 Å². The van der Waals surface area contributed by atoms with Gasteiger partial charge in [-0.1, -0.05) is 54.1 Å². The van der Waals surface area contributed by atoms with E-state index in [1.165, 1.54) is 4.90 Å². The van der Waals surface area contributed by atoms with Crippen LogP contribution in [-0.2, 0) is 17.9 Å². The molecule has 0 aliphatic carbocycles. The average Bonchev–Trinajstić information content (AvgIpc) is 3.06. The Kier molecular flexibility index (Phi) is 6.60. The van der Waals surface area contributed by atoms with Gasteiger partial charge in [0.1, 0.15) is 12.4 Å². The van der Waals surface area contributed by atoms with Gasteiger partial charge >= 0.3 is 0 Å². The number of carbonyl (C=O) groups is 2. The molecule has 0 N–H and O–H groups in total. The third kappa shape index (κ3) is 5.02. The van der Waals surface area contributed by atoms with Crippen molar-refractivity contribution in [3.8, 4) is 11.8 Å². The first-order valence-electron chi connectivity index (χ1n) is 9.74. The van der Waals surface area contributed by atoms with Gasteiger partial charge in [-0.15, -0.1) is 0 Å². The van der Waals surface area contributed by atoms with Crippen molar-refractivity contribution in [3.63, 3.8) is 0 Å². The molecule has 1 aliphatic heterocycles. The summed E-state index contributed by atoms with van der Waals surface area (Å²) in [7, 11) is 0. The number of thioether (sulfide) groups is 1. The topological polar surface area (TPSA) is 70.4 Å². The summed E-state index contributed by atoms with van der Waals surface area (Å²) in [4.78, 5) is 26.7. The quantitative estimate of drug-likeness (QED) is 0.420. The highest BCUT2D eigenvalue weighted by Gasteiger charge is 2.34. The Hall–Kier alpha value is -3.53. The van der Waals surface area contributed by atoms with Crippen molar-refractivity contribution in [1.82, 2.24) is 4.90 Å². The molecule has 1 aliphatic rings. The van der Waals surface area contributed by atoms with E-state index in [4.69, 9.17) is 21.6 Å². The van der Waals surface area contributed by atoms with Crippen LogP contribution in [0.2, 0.25) is 5.02 Å². The predicted molar refractivity (Wildman–Crippen MR) is 125 cm³/mol. The van der Waals surface area contributed by atoms with Crippen LogP contribution in [0, 0.1) is 11.3 Å². The van der Waals surface area contributed by atoms with Gasteiger partial charge in [-0.2, -0.15) is 5.26 Å². The lowest BCUT2D eigenvalue weighted by atomic mass is 10.1. The number of hydrogen-bond donors (Lipinski definition) is 0. The Morgan fingerprint density at radius 1 is 1.03 bits per heavy atom. The number of nitriles is 1. The Bertz CT molecular complexity index is 1250. The van der Waals surface area contributed by atoms with Gasteiger partial charge < -0.3 is 4.74 Å². The maximum Gasteiger partial charge on any atom is 0.293 e. The van der Waals surface area contributed by atoms with Crippen LogP contribution in [0.3, 0.4) is 0 Å². The minimum absolute atomic E-state index is 0.180. The van der Waals surface area contributed by atoms with E-state index in [9.17, 15) is 9.59 Å². The molecule has 3 aromatic carbocycles. The first kappa shape index (κ1) is 21.7.